The molecule has 3 heterocycles. The fourth-order valence-corrected chi connectivity index (χ4v) is 4.69. The predicted octanol–water partition coefficient (Wildman–Crippen LogP) is 4.40. The summed E-state index contributed by atoms with van der Waals surface area (Å²) in [4.78, 5) is 28.7. The molecule has 0 aliphatic heterocycles. The van der Waals surface area contributed by atoms with Crippen LogP contribution in [0.2, 0.25) is 0 Å². The molecule has 0 bridgehead atoms. The monoisotopic (exact) mass is 380 g/mol. The van der Waals surface area contributed by atoms with E-state index in [1.807, 2.05) is 49.4 Å². The Morgan fingerprint density at radius 3 is 2.65 bits per heavy atom. The maximum Gasteiger partial charge on any atom is 0.265 e. The molecule has 0 saturated carbocycles. The lowest BCUT2D eigenvalue weighted by atomic mass is 10.3. The molecule has 0 spiro atoms. The maximum absolute atomic E-state index is 12.9. The van der Waals surface area contributed by atoms with E-state index in [1.165, 1.54) is 11.3 Å². The van der Waals surface area contributed by atoms with Crippen LogP contribution in [-0.4, -0.2) is 32.8 Å². The smallest absolute Gasteiger partial charge is 0.265 e. The van der Waals surface area contributed by atoms with Crippen LogP contribution in [0.1, 0.15) is 20.4 Å². The van der Waals surface area contributed by atoms with Crippen LogP contribution in [0.3, 0.4) is 0 Å². The molecule has 5 nitrogen and oxygen atoms in total. The quantitative estimate of drug-likeness (QED) is 0.527. The van der Waals surface area contributed by atoms with Gasteiger partial charge >= 0.3 is 0 Å². The van der Waals surface area contributed by atoms with E-state index in [9.17, 15) is 4.79 Å². The summed E-state index contributed by atoms with van der Waals surface area (Å²) in [7, 11) is 1.80. The number of amides is 1. The first kappa shape index (κ1) is 16.8. The molecule has 0 radical (unpaired) electrons. The Hall–Kier alpha value is -2.64. The summed E-state index contributed by atoms with van der Waals surface area (Å²) in [5.41, 5.74) is 2.49. The zero-order valence-electron chi connectivity index (χ0n) is 14.3. The number of nitrogens with zero attached hydrogens (tertiary/aromatic N) is 4. The van der Waals surface area contributed by atoms with Crippen LogP contribution in [0.5, 0.6) is 0 Å². The van der Waals surface area contributed by atoms with E-state index in [0.29, 0.717) is 11.4 Å². The van der Waals surface area contributed by atoms with Gasteiger partial charge in [0, 0.05) is 13.2 Å². The topological polar surface area (TPSA) is 59.0 Å². The van der Waals surface area contributed by atoms with E-state index in [1.54, 1.807) is 29.5 Å². The average molecular weight is 380 g/mol. The van der Waals surface area contributed by atoms with Crippen molar-refractivity contribution in [2.45, 2.75) is 13.5 Å². The highest BCUT2D eigenvalue weighted by molar-refractivity contribution is 7.18. The third kappa shape index (κ3) is 3.23. The van der Waals surface area contributed by atoms with Crippen molar-refractivity contribution in [1.82, 2.24) is 19.9 Å². The van der Waals surface area contributed by atoms with E-state index in [0.717, 1.165) is 31.6 Å². The zero-order valence-corrected chi connectivity index (χ0v) is 16.0. The number of pyridine rings is 1. The first-order valence-electron chi connectivity index (χ1n) is 8.10. The highest BCUT2D eigenvalue weighted by Crippen LogP contribution is 2.28. The normalized spacial score (nSPS) is 11.0. The third-order valence-corrected chi connectivity index (χ3v) is 6.12. The Balaban J connectivity index is 1.56. The lowest BCUT2D eigenvalue weighted by molar-refractivity contribution is 0.0789. The van der Waals surface area contributed by atoms with Gasteiger partial charge in [-0.15, -0.1) is 22.7 Å². The minimum absolute atomic E-state index is 0.0403. The molecule has 26 heavy (non-hydrogen) atoms. The summed E-state index contributed by atoms with van der Waals surface area (Å²) in [6.45, 7) is 2.34. The average Bonchev–Trinajstić information content (AvgIpc) is 3.24. The number of fused-ring (bicyclic) bond motifs is 1. The number of benzene rings is 1. The number of hydrogen-bond donors (Lipinski definition) is 0. The standard InChI is InChI=1S/C19H16N4OS2/c1-12-17(26-18(21-12)14-8-5-6-10-20-14)19(24)23(2)11-16-22-13-7-3-4-9-15(13)25-16/h3-10H,11H2,1-2H3. The molecule has 1 aromatic carbocycles. The zero-order chi connectivity index (χ0) is 18.1. The summed E-state index contributed by atoms with van der Waals surface area (Å²) in [6.07, 6.45) is 1.73. The van der Waals surface area contributed by atoms with Gasteiger partial charge in [-0.25, -0.2) is 9.97 Å². The number of carbonyl (C=O) groups is 1. The molecule has 3 aromatic heterocycles. The number of aromatic nitrogens is 3. The molecule has 0 saturated heterocycles. The predicted molar refractivity (Wildman–Crippen MR) is 105 cm³/mol. The lowest BCUT2D eigenvalue weighted by Crippen LogP contribution is -2.25. The van der Waals surface area contributed by atoms with Gasteiger partial charge in [0.2, 0.25) is 0 Å². The van der Waals surface area contributed by atoms with Crippen LogP contribution in [0.15, 0.2) is 48.7 Å². The second-order valence-corrected chi connectivity index (χ2v) is 8.00. The molecule has 0 aliphatic rings. The molecule has 0 N–H and O–H groups in total. The van der Waals surface area contributed by atoms with Crippen LogP contribution in [0, 0.1) is 6.92 Å². The van der Waals surface area contributed by atoms with Crippen molar-refractivity contribution in [2.75, 3.05) is 7.05 Å². The van der Waals surface area contributed by atoms with E-state index in [4.69, 9.17) is 0 Å². The fourth-order valence-electron chi connectivity index (χ4n) is 2.63. The number of hydrogen-bond acceptors (Lipinski definition) is 6. The maximum atomic E-state index is 12.9. The first-order chi connectivity index (χ1) is 12.6. The van der Waals surface area contributed by atoms with Crippen LogP contribution < -0.4 is 0 Å². The van der Waals surface area contributed by atoms with Crippen LogP contribution in [0.4, 0.5) is 0 Å². The van der Waals surface area contributed by atoms with E-state index in [2.05, 4.69) is 15.0 Å². The van der Waals surface area contributed by atoms with Gasteiger partial charge in [-0.3, -0.25) is 9.78 Å². The molecule has 4 rings (SSSR count). The Morgan fingerprint density at radius 2 is 1.88 bits per heavy atom. The molecular formula is C19H16N4OS2. The SMILES string of the molecule is Cc1nc(-c2ccccn2)sc1C(=O)N(C)Cc1nc2ccccc2s1. The Labute approximate surface area is 159 Å². The molecule has 0 aliphatic carbocycles. The summed E-state index contributed by atoms with van der Waals surface area (Å²) >= 11 is 3.00. The molecule has 0 unspecified atom stereocenters. The van der Waals surface area contributed by atoms with Crippen molar-refractivity contribution in [3.8, 4) is 10.7 Å². The van der Waals surface area contributed by atoms with Gasteiger partial charge in [0.15, 0.2) is 0 Å². The summed E-state index contributed by atoms with van der Waals surface area (Å²) < 4.78 is 1.13. The highest BCUT2D eigenvalue weighted by Gasteiger charge is 2.21. The van der Waals surface area contributed by atoms with Crippen molar-refractivity contribution in [3.05, 3.63) is 64.2 Å². The van der Waals surface area contributed by atoms with Crippen molar-refractivity contribution < 1.29 is 4.79 Å². The van der Waals surface area contributed by atoms with Gasteiger partial charge < -0.3 is 4.90 Å². The molecule has 130 valence electrons. The largest absolute Gasteiger partial charge is 0.334 e. The Kier molecular flexibility index (Phi) is 4.48. The minimum Gasteiger partial charge on any atom is -0.334 e. The van der Waals surface area contributed by atoms with Crippen LogP contribution in [-0.2, 0) is 6.54 Å². The van der Waals surface area contributed by atoms with E-state index in [-0.39, 0.29) is 5.91 Å². The Morgan fingerprint density at radius 1 is 1.08 bits per heavy atom. The van der Waals surface area contributed by atoms with Crippen molar-refractivity contribution in [3.63, 3.8) is 0 Å². The van der Waals surface area contributed by atoms with Gasteiger partial charge in [-0.2, -0.15) is 0 Å². The number of thiazole rings is 2. The summed E-state index contributed by atoms with van der Waals surface area (Å²) in [6, 6.07) is 13.7. The van der Waals surface area contributed by atoms with Crippen molar-refractivity contribution >= 4 is 38.8 Å². The molecule has 7 heteroatoms. The molecular weight excluding hydrogens is 364 g/mol. The first-order valence-corrected chi connectivity index (χ1v) is 9.74. The molecule has 1 amide bonds. The third-order valence-electron chi connectivity index (χ3n) is 3.93. The van der Waals surface area contributed by atoms with Crippen LogP contribution in [0.25, 0.3) is 20.9 Å². The summed E-state index contributed by atoms with van der Waals surface area (Å²) in [5.74, 6) is -0.0403. The van der Waals surface area contributed by atoms with Gasteiger partial charge in [0.1, 0.15) is 14.9 Å². The molecule has 0 fully saturated rings. The number of carbonyl (C=O) groups excluding carboxylic acids is 1. The minimum atomic E-state index is -0.0403. The van der Waals surface area contributed by atoms with Crippen LogP contribution >= 0.6 is 22.7 Å². The van der Waals surface area contributed by atoms with Crippen molar-refractivity contribution in [2.24, 2.45) is 0 Å². The van der Waals surface area contributed by atoms with E-state index >= 15 is 0 Å². The van der Waals surface area contributed by atoms with Gasteiger partial charge in [-0.1, -0.05) is 18.2 Å². The fraction of sp³-hybridized carbons (Fsp3) is 0.158. The Bertz CT molecular complexity index is 1040. The number of aryl methyl sites for hydroxylation is 1. The van der Waals surface area contributed by atoms with E-state index < -0.39 is 0 Å². The second kappa shape index (κ2) is 6.93. The second-order valence-electron chi connectivity index (χ2n) is 5.89. The van der Waals surface area contributed by atoms with Gasteiger partial charge in [-0.05, 0) is 31.2 Å². The molecule has 0 atom stereocenters. The van der Waals surface area contributed by atoms with Gasteiger partial charge in [0.25, 0.3) is 5.91 Å². The number of rotatable bonds is 4. The van der Waals surface area contributed by atoms with Gasteiger partial charge in [0.05, 0.1) is 28.1 Å². The lowest BCUT2D eigenvalue weighted by Gasteiger charge is -2.14. The molecule has 4 aromatic rings. The number of para-hydroxylation sites is 1. The highest BCUT2D eigenvalue weighted by atomic mass is 32.1. The summed E-state index contributed by atoms with van der Waals surface area (Å²) in [5, 5.41) is 1.69. The van der Waals surface area contributed by atoms with Crippen molar-refractivity contribution in [1.29, 1.82) is 0 Å².